The zero-order chi connectivity index (χ0) is 10.4. The smallest absolute Gasteiger partial charge is 0.338 e. The molecule has 2 fully saturated rings. The van der Waals surface area contributed by atoms with Gasteiger partial charge in [0.1, 0.15) is 5.60 Å². The van der Waals surface area contributed by atoms with Crippen LogP contribution in [0.2, 0.25) is 0 Å². The molecule has 0 aromatic heterocycles. The lowest BCUT2D eigenvalue weighted by Gasteiger charge is -2.48. The predicted molar refractivity (Wildman–Crippen MR) is 51.9 cm³/mol. The van der Waals surface area contributed by atoms with E-state index in [9.17, 15) is 4.79 Å². The van der Waals surface area contributed by atoms with Crippen LogP contribution in [0.1, 0.15) is 46.5 Å². The summed E-state index contributed by atoms with van der Waals surface area (Å²) in [5.41, 5.74) is -1.13. The lowest BCUT2D eigenvalue weighted by molar-refractivity contribution is -0.252. The Balaban J connectivity index is 2.21. The van der Waals surface area contributed by atoms with Crippen molar-refractivity contribution in [3.05, 3.63) is 0 Å². The fraction of sp³-hybridized carbons (Fsp3) is 0.909. The molecule has 80 valence electrons. The summed E-state index contributed by atoms with van der Waals surface area (Å²) in [4.78, 5) is 11.6. The maximum Gasteiger partial charge on any atom is 0.338 e. The van der Waals surface area contributed by atoms with Gasteiger partial charge in [0.15, 0.2) is 5.60 Å². The number of rotatable bonds is 0. The summed E-state index contributed by atoms with van der Waals surface area (Å²) in [6, 6.07) is 0. The quantitative estimate of drug-likeness (QED) is 0.559. The summed E-state index contributed by atoms with van der Waals surface area (Å²) in [6.45, 7) is 5.55. The van der Waals surface area contributed by atoms with E-state index in [0.29, 0.717) is 0 Å². The molecule has 2 atom stereocenters. The van der Waals surface area contributed by atoms with Crippen molar-refractivity contribution in [2.75, 3.05) is 0 Å². The Morgan fingerprint density at radius 2 is 2.00 bits per heavy atom. The second-order valence-corrected chi connectivity index (χ2v) is 5.06. The van der Waals surface area contributed by atoms with Gasteiger partial charge in [-0.15, -0.1) is 0 Å². The van der Waals surface area contributed by atoms with E-state index in [-0.39, 0.29) is 17.7 Å². The van der Waals surface area contributed by atoms with E-state index in [4.69, 9.17) is 9.47 Å². The zero-order valence-corrected chi connectivity index (χ0v) is 9.13. The normalized spacial score (nSPS) is 41.4. The Kier molecular flexibility index (Phi) is 2.11. The van der Waals surface area contributed by atoms with Crippen molar-refractivity contribution in [3.63, 3.8) is 0 Å². The zero-order valence-electron chi connectivity index (χ0n) is 9.13. The molecular weight excluding hydrogens is 180 g/mol. The molecule has 0 spiro atoms. The lowest BCUT2D eigenvalue weighted by atomic mass is 9.81. The number of ether oxygens (including phenoxy) is 2. The standard InChI is InChI=1S/C11H18O3/c1-10(2)9(12)14-11(3)7-5-4-6-8(11)13-10/h8H,4-7H2,1-3H3/t8-,11+/m1/s1. The molecule has 1 saturated carbocycles. The Morgan fingerprint density at radius 3 is 2.71 bits per heavy atom. The molecule has 1 aliphatic carbocycles. The third-order valence-electron chi connectivity index (χ3n) is 3.32. The van der Waals surface area contributed by atoms with E-state index in [1.165, 1.54) is 6.42 Å². The maximum atomic E-state index is 11.6. The van der Waals surface area contributed by atoms with Crippen molar-refractivity contribution in [1.82, 2.24) is 0 Å². The molecule has 0 N–H and O–H groups in total. The first-order valence-electron chi connectivity index (χ1n) is 5.35. The molecule has 0 unspecified atom stereocenters. The Bertz CT molecular complexity index is 259. The van der Waals surface area contributed by atoms with E-state index >= 15 is 0 Å². The second kappa shape index (κ2) is 2.96. The lowest BCUT2D eigenvalue weighted by Crippen LogP contribution is -2.59. The van der Waals surface area contributed by atoms with E-state index in [1.807, 2.05) is 6.92 Å². The number of hydrogen-bond donors (Lipinski definition) is 0. The maximum absolute atomic E-state index is 11.6. The van der Waals surface area contributed by atoms with Crippen LogP contribution in [0, 0.1) is 0 Å². The van der Waals surface area contributed by atoms with Crippen LogP contribution >= 0.6 is 0 Å². The first-order valence-corrected chi connectivity index (χ1v) is 5.35. The average molecular weight is 198 g/mol. The van der Waals surface area contributed by atoms with Gasteiger partial charge in [0.05, 0.1) is 6.10 Å². The largest absolute Gasteiger partial charge is 0.454 e. The van der Waals surface area contributed by atoms with Crippen LogP contribution in [0.15, 0.2) is 0 Å². The van der Waals surface area contributed by atoms with Crippen molar-refractivity contribution in [1.29, 1.82) is 0 Å². The van der Waals surface area contributed by atoms with Crippen LogP contribution in [-0.2, 0) is 14.3 Å². The Morgan fingerprint density at radius 1 is 1.29 bits per heavy atom. The van der Waals surface area contributed by atoms with Crippen molar-refractivity contribution in [2.45, 2.75) is 63.8 Å². The van der Waals surface area contributed by atoms with Gasteiger partial charge in [-0.25, -0.2) is 4.79 Å². The van der Waals surface area contributed by atoms with E-state index in [0.717, 1.165) is 19.3 Å². The van der Waals surface area contributed by atoms with Crippen molar-refractivity contribution < 1.29 is 14.3 Å². The second-order valence-electron chi connectivity index (χ2n) is 5.06. The highest BCUT2D eigenvalue weighted by Gasteiger charge is 2.51. The molecule has 1 heterocycles. The number of hydrogen-bond acceptors (Lipinski definition) is 3. The molecule has 3 nitrogen and oxygen atoms in total. The summed E-state index contributed by atoms with van der Waals surface area (Å²) in [5, 5.41) is 0. The van der Waals surface area contributed by atoms with E-state index in [1.54, 1.807) is 13.8 Å². The van der Waals surface area contributed by atoms with Crippen LogP contribution in [-0.4, -0.2) is 23.3 Å². The predicted octanol–water partition coefficient (Wildman–Crippen LogP) is 2.04. The van der Waals surface area contributed by atoms with Gasteiger partial charge in [-0.3, -0.25) is 0 Å². The van der Waals surface area contributed by atoms with Crippen LogP contribution in [0.3, 0.4) is 0 Å². The first-order chi connectivity index (χ1) is 6.44. The molecule has 0 aromatic carbocycles. The Hall–Kier alpha value is -0.570. The SMILES string of the molecule is CC1(C)O[C@@H]2CCCC[C@]2(C)OC1=O. The molecule has 0 aromatic rings. The van der Waals surface area contributed by atoms with Gasteiger partial charge >= 0.3 is 5.97 Å². The third kappa shape index (κ3) is 1.44. The number of carbonyl (C=O) groups is 1. The fourth-order valence-corrected chi connectivity index (χ4v) is 2.31. The molecular formula is C11H18O3. The van der Waals surface area contributed by atoms with Crippen molar-refractivity contribution >= 4 is 5.97 Å². The first kappa shape index (κ1) is 9.97. The molecule has 0 radical (unpaired) electrons. The molecule has 3 heteroatoms. The molecule has 2 aliphatic rings. The fourth-order valence-electron chi connectivity index (χ4n) is 2.31. The minimum absolute atomic E-state index is 0.0870. The van der Waals surface area contributed by atoms with Crippen LogP contribution in [0.4, 0.5) is 0 Å². The molecule has 2 rings (SSSR count). The van der Waals surface area contributed by atoms with Crippen molar-refractivity contribution in [2.24, 2.45) is 0 Å². The molecule has 0 bridgehead atoms. The molecule has 14 heavy (non-hydrogen) atoms. The number of esters is 1. The van der Waals surface area contributed by atoms with Gasteiger partial charge in [-0.2, -0.15) is 0 Å². The average Bonchev–Trinajstić information content (AvgIpc) is 2.07. The highest BCUT2D eigenvalue weighted by molar-refractivity contribution is 5.79. The van der Waals surface area contributed by atoms with Crippen LogP contribution in [0.5, 0.6) is 0 Å². The highest BCUT2D eigenvalue weighted by atomic mass is 16.6. The topological polar surface area (TPSA) is 35.5 Å². The van der Waals surface area contributed by atoms with Gasteiger partial charge < -0.3 is 9.47 Å². The summed E-state index contributed by atoms with van der Waals surface area (Å²) in [7, 11) is 0. The van der Waals surface area contributed by atoms with E-state index < -0.39 is 5.60 Å². The molecule has 1 aliphatic heterocycles. The van der Waals surface area contributed by atoms with Crippen LogP contribution in [0.25, 0.3) is 0 Å². The summed E-state index contributed by atoms with van der Waals surface area (Å²) in [5.74, 6) is -0.224. The highest BCUT2D eigenvalue weighted by Crippen LogP contribution is 2.40. The third-order valence-corrected chi connectivity index (χ3v) is 3.32. The van der Waals surface area contributed by atoms with Gasteiger partial charge in [0.25, 0.3) is 0 Å². The van der Waals surface area contributed by atoms with Gasteiger partial charge in [0.2, 0.25) is 0 Å². The minimum Gasteiger partial charge on any atom is -0.454 e. The summed E-state index contributed by atoms with van der Waals surface area (Å²) in [6.07, 6.45) is 4.33. The van der Waals surface area contributed by atoms with Crippen molar-refractivity contribution in [3.8, 4) is 0 Å². The number of carbonyl (C=O) groups excluding carboxylic acids is 1. The van der Waals surface area contributed by atoms with Gasteiger partial charge in [0, 0.05) is 0 Å². The molecule has 0 amide bonds. The number of fused-ring (bicyclic) bond motifs is 1. The van der Waals surface area contributed by atoms with Gasteiger partial charge in [-0.1, -0.05) is 6.42 Å². The van der Waals surface area contributed by atoms with Crippen LogP contribution < -0.4 is 0 Å². The Labute approximate surface area is 84.8 Å². The minimum atomic E-state index is -0.762. The summed E-state index contributed by atoms with van der Waals surface area (Å²) < 4.78 is 11.3. The molecule has 1 saturated heterocycles. The monoisotopic (exact) mass is 198 g/mol. The van der Waals surface area contributed by atoms with E-state index in [2.05, 4.69) is 0 Å². The van der Waals surface area contributed by atoms with Gasteiger partial charge in [-0.05, 0) is 40.0 Å². The summed E-state index contributed by atoms with van der Waals surface area (Å²) >= 11 is 0.